The predicted octanol–water partition coefficient (Wildman–Crippen LogP) is 2.11. The number of fused-ring (bicyclic) bond motifs is 1. The number of benzene rings is 1. The Kier molecular flexibility index (Phi) is 2.15. The number of carbonyl (C=O) groups is 2. The Bertz CT molecular complexity index is 484. The van der Waals surface area contributed by atoms with E-state index >= 15 is 0 Å². The molecular formula is C12H10O3. The lowest BCUT2D eigenvalue weighted by atomic mass is 9.88. The van der Waals surface area contributed by atoms with Crippen LogP contribution in [-0.4, -0.2) is 16.7 Å². The van der Waals surface area contributed by atoms with Gasteiger partial charge in [-0.05, 0) is 30.7 Å². The molecule has 1 aliphatic rings. The number of phenols is 1. The van der Waals surface area contributed by atoms with E-state index in [2.05, 4.69) is 0 Å². The molecule has 1 N–H and O–H groups in total. The number of phenolic OH excluding ortho intramolecular Hbond substituents is 1. The van der Waals surface area contributed by atoms with Crippen LogP contribution in [0.3, 0.4) is 0 Å². The summed E-state index contributed by atoms with van der Waals surface area (Å²) in [6.07, 6.45) is 1.90. The van der Waals surface area contributed by atoms with Crippen LogP contribution in [0.15, 0.2) is 29.8 Å². The van der Waals surface area contributed by atoms with Gasteiger partial charge in [0.2, 0.25) is 0 Å². The van der Waals surface area contributed by atoms with Gasteiger partial charge in [-0.2, -0.15) is 0 Å². The second kappa shape index (κ2) is 3.35. The van der Waals surface area contributed by atoms with Crippen molar-refractivity contribution in [3.8, 4) is 5.75 Å². The lowest BCUT2D eigenvalue weighted by Crippen LogP contribution is -2.16. The summed E-state index contributed by atoms with van der Waals surface area (Å²) in [7, 11) is 0. The number of allylic oxidation sites excluding steroid dienone is 2. The molecule has 1 aromatic carbocycles. The molecule has 0 saturated heterocycles. The van der Waals surface area contributed by atoms with E-state index in [1.165, 1.54) is 24.3 Å². The zero-order valence-corrected chi connectivity index (χ0v) is 8.28. The molecule has 0 bridgehead atoms. The molecule has 0 spiro atoms. The van der Waals surface area contributed by atoms with Gasteiger partial charge in [-0.3, -0.25) is 9.59 Å². The summed E-state index contributed by atoms with van der Waals surface area (Å²) in [6.45, 7) is 1.84. The Labute approximate surface area is 87.0 Å². The third-order valence-corrected chi connectivity index (χ3v) is 2.49. The van der Waals surface area contributed by atoms with Gasteiger partial charge >= 0.3 is 0 Å². The molecule has 0 unspecified atom stereocenters. The Morgan fingerprint density at radius 3 is 2.60 bits per heavy atom. The summed E-state index contributed by atoms with van der Waals surface area (Å²) in [6, 6.07) is 4.24. The number of ketones is 2. The molecular weight excluding hydrogens is 192 g/mol. The average molecular weight is 202 g/mol. The van der Waals surface area contributed by atoms with E-state index in [1.807, 2.05) is 6.92 Å². The Hall–Kier alpha value is -1.90. The van der Waals surface area contributed by atoms with Gasteiger partial charge in [0.15, 0.2) is 11.6 Å². The van der Waals surface area contributed by atoms with Gasteiger partial charge in [0.25, 0.3) is 0 Å². The highest BCUT2D eigenvalue weighted by Crippen LogP contribution is 2.25. The van der Waals surface area contributed by atoms with Gasteiger partial charge in [-0.15, -0.1) is 0 Å². The Morgan fingerprint density at radius 2 is 1.93 bits per heavy atom. The minimum absolute atomic E-state index is 0.00301. The first-order valence-corrected chi connectivity index (χ1v) is 4.76. The number of hydrogen-bond acceptors (Lipinski definition) is 3. The van der Waals surface area contributed by atoms with Gasteiger partial charge in [-0.1, -0.05) is 6.92 Å². The van der Waals surface area contributed by atoms with E-state index in [0.29, 0.717) is 17.6 Å². The normalized spacial score (nSPS) is 14.9. The molecule has 1 aromatic rings. The van der Waals surface area contributed by atoms with Crippen molar-refractivity contribution in [2.75, 3.05) is 0 Å². The smallest absolute Gasteiger partial charge is 0.189 e. The number of hydrogen-bond donors (Lipinski definition) is 1. The van der Waals surface area contributed by atoms with Crippen LogP contribution in [0.5, 0.6) is 5.75 Å². The van der Waals surface area contributed by atoms with Crippen molar-refractivity contribution in [3.05, 3.63) is 41.0 Å². The van der Waals surface area contributed by atoms with E-state index in [0.717, 1.165) is 0 Å². The number of Topliss-reactive ketones (excluding diaryl/α,β-unsaturated/α-hetero) is 1. The van der Waals surface area contributed by atoms with Crippen LogP contribution in [0.2, 0.25) is 0 Å². The molecule has 0 saturated carbocycles. The molecule has 2 rings (SSSR count). The lowest BCUT2D eigenvalue weighted by molar-refractivity contribution is 0.0982. The van der Waals surface area contributed by atoms with Gasteiger partial charge in [-0.25, -0.2) is 0 Å². The van der Waals surface area contributed by atoms with E-state index in [1.54, 1.807) is 0 Å². The zero-order chi connectivity index (χ0) is 11.0. The quantitative estimate of drug-likeness (QED) is 0.758. The van der Waals surface area contributed by atoms with Crippen molar-refractivity contribution < 1.29 is 14.7 Å². The second-order valence-corrected chi connectivity index (χ2v) is 3.45. The van der Waals surface area contributed by atoms with Gasteiger partial charge in [0.05, 0.1) is 0 Å². The number of rotatable bonds is 1. The minimum atomic E-state index is -0.211. The highest BCUT2D eigenvalue weighted by molar-refractivity contribution is 6.24. The van der Waals surface area contributed by atoms with Crippen molar-refractivity contribution in [2.24, 2.45) is 0 Å². The van der Waals surface area contributed by atoms with Gasteiger partial charge in [0, 0.05) is 16.7 Å². The maximum absolute atomic E-state index is 11.8. The Morgan fingerprint density at radius 1 is 1.20 bits per heavy atom. The number of aromatic hydroxyl groups is 1. The molecule has 0 atom stereocenters. The van der Waals surface area contributed by atoms with E-state index in [-0.39, 0.29) is 22.9 Å². The monoisotopic (exact) mass is 202 g/mol. The van der Waals surface area contributed by atoms with Crippen molar-refractivity contribution in [1.29, 1.82) is 0 Å². The maximum atomic E-state index is 11.8. The maximum Gasteiger partial charge on any atom is 0.189 e. The third kappa shape index (κ3) is 1.46. The summed E-state index contributed by atoms with van der Waals surface area (Å²) < 4.78 is 0. The third-order valence-electron chi connectivity index (χ3n) is 2.49. The molecule has 3 heteroatoms. The average Bonchev–Trinajstić information content (AvgIpc) is 2.23. The van der Waals surface area contributed by atoms with Gasteiger partial charge < -0.3 is 5.11 Å². The summed E-state index contributed by atoms with van der Waals surface area (Å²) in [5.74, 6) is -0.326. The highest BCUT2D eigenvalue weighted by Gasteiger charge is 2.24. The summed E-state index contributed by atoms with van der Waals surface area (Å²) in [5, 5.41) is 9.23. The topological polar surface area (TPSA) is 54.4 Å². The molecule has 0 aliphatic heterocycles. The standard InChI is InChI=1S/C12H10O3/c1-2-7-5-11(14)10-6-8(13)3-4-9(10)12(7)15/h3-6,13H,2H2,1H3. The zero-order valence-electron chi connectivity index (χ0n) is 8.28. The van der Waals surface area contributed by atoms with Gasteiger partial charge in [0.1, 0.15) is 5.75 Å². The molecule has 1 aliphatic carbocycles. The first-order valence-electron chi connectivity index (χ1n) is 4.76. The molecule has 3 nitrogen and oxygen atoms in total. The largest absolute Gasteiger partial charge is 0.508 e. The van der Waals surface area contributed by atoms with E-state index in [9.17, 15) is 14.7 Å². The van der Waals surface area contributed by atoms with Crippen molar-refractivity contribution in [1.82, 2.24) is 0 Å². The minimum Gasteiger partial charge on any atom is -0.508 e. The molecule has 0 aromatic heterocycles. The fourth-order valence-electron chi connectivity index (χ4n) is 1.67. The van der Waals surface area contributed by atoms with Crippen LogP contribution >= 0.6 is 0 Å². The highest BCUT2D eigenvalue weighted by atomic mass is 16.3. The van der Waals surface area contributed by atoms with Crippen LogP contribution in [-0.2, 0) is 0 Å². The fourth-order valence-corrected chi connectivity index (χ4v) is 1.67. The van der Waals surface area contributed by atoms with Crippen LogP contribution in [0.1, 0.15) is 34.1 Å². The second-order valence-electron chi connectivity index (χ2n) is 3.45. The van der Waals surface area contributed by atoms with Crippen LogP contribution in [0.25, 0.3) is 0 Å². The first kappa shape index (κ1) is 9.65. The summed E-state index contributed by atoms with van der Waals surface area (Å²) >= 11 is 0. The van der Waals surface area contributed by atoms with Crippen LogP contribution in [0, 0.1) is 0 Å². The van der Waals surface area contributed by atoms with E-state index < -0.39 is 0 Å². The van der Waals surface area contributed by atoms with E-state index in [4.69, 9.17) is 0 Å². The predicted molar refractivity (Wildman–Crippen MR) is 55.1 cm³/mol. The molecule has 0 fully saturated rings. The SMILES string of the molecule is CCC1=CC(=O)c2cc(O)ccc2C1=O. The number of carbonyl (C=O) groups excluding carboxylic acids is 2. The summed E-state index contributed by atoms with van der Waals surface area (Å²) in [5.41, 5.74) is 1.20. The fraction of sp³-hybridized carbons (Fsp3) is 0.167. The summed E-state index contributed by atoms with van der Waals surface area (Å²) in [4.78, 5) is 23.4. The van der Waals surface area contributed by atoms with Crippen LogP contribution in [0.4, 0.5) is 0 Å². The first-order chi connectivity index (χ1) is 7.13. The molecule has 0 heterocycles. The lowest BCUT2D eigenvalue weighted by Gasteiger charge is -2.13. The molecule has 0 amide bonds. The van der Waals surface area contributed by atoms with Crippen molar-refractivity contribution in [2.45, 2.75) is 13.3 Å². The molecule has 76 valence electrons. The van der Waals surface area contributed by atoms with Crippen LogP contribution < -0.4 is 0 Å². The molecule has 15 heavy (non-hydrogen) atoms. The van der Waals surface area contributed by atoms with Crippen molar-refractivity contribution in [3.63, 3.8) is 0 Å². The Balaban J connectivity index is 2.62. The molecule has 0 radical (unpaired) electrons. The van der Waals surface area contributed by atoms with Crippen molar-refractivity contribution >= 4 is 11.6 Å².